The van der Waals surface area contributed by atoms with Crippen molar-refractivity contribution in [3.63, 3.8) is 0 Å². The van der Waals surface area contributed by atoms with Gasteiger partial charge in [-0.3, -0.25) is 4.79 Å². The maximum atomic E-state index is 12.0. The molecule has 0 aromatic heterocycles. The van der Waals surface area contributed by atoms with Gasteiger partial charge in [-0.25, -0.2) is 0 Å². The largest absolute Gasteiger partial charge is 0.435 e. The standard InChI is InChI=1S/C12H14F2N2O3.ClH/c13-12(14)19-9-3-1-8(2-4-9)16-11(17)10-7-18-6-5-15-10;/h1-4,10,12,15H,5-7H2,(H,16,17);1H. The molecule has 0 spiro atoms. The Morgan fingerprint density at radius 1 is 1.40 bits per heavy atom. The second-order valence-corrected chi connectivity index (χ2v) is 3.97. The number of morpholine rings is 1. The van der Waals surface area contributed by atoms with Crippen LogP contribution >= 0.6 is 12.4 Å². The Morgan fingerprint density at radius 2 is 2.10 bits per heavy atom. The Hall–Kier alpha value is -1.44. The van der Waals surface area contributed by atoms with E-state index in [1.54, 1.807) is 0 Å². The number of halogens is 3. The molecule has 1 aromatic rings. The molecule has 0 bridgehead atoms. The van der Waals surface area contributed by atoms with Gasteiger partial charge in [0.2, 0.25) is 5.91 Å². The van der Waals surface area contributed by atoms with Crippen molar-refractivity contribution in [3.05, 3.63) is 24.3 Å². The summed E-state index contributed by atoms with van der Waals surface area (Å²) in [5.41, 5.74) is 0.513. The average molecular weight is 309 g/mol. The van der Waals surface area contributed by atoms with Crippen LogP contribution in [0.5, 0.6) is 5.75 Å². The molecule has 1 unspecified atom stereocenters. The third-order valence-corrected chi connectivity index (χ3v) is 2.59. The van der Waals surface area contributed by atoms with E-state index >= 15 is 0 Å². The molecule has 1 heterocycles. The molecule has 8 heteroatoms. The van der Waals surface area contributed by atoms with Crippen LogP contribution in [-0.2, 0) is 9.53 Å². The molecular formula is C12H15ClF2N2O3. The number of nitrogens with one attached hydrogen (secondary N) is 2. The summed E-state index contributed by atoms with van der Waals surface area (Å²) in [6.07, 6.45) is 0. The summed E-state index contributed by atoms with van der Waals surface area (Å²) in [6.45, 7) is -1.33. The first-order chi connectivity index (χ1) is 9.15. The Labute approximate surface area is 121 Å². The summed E-state index contributed by atoms with van der Waals surface area (Å²) < 4.78 is 33.3. The number of alkyl halides is 2. The Balaban J connectivity index is 0.00000200. The SMILES string of the molecule is Cl.O=C(Nc1ccc(OC(F)F)cc1)C1COCCN1. The fraction of sp³-hybridized carbons (Fsp3) is 0.417. The minimum absolute atomic E-state index is 0. The first kappa shape index (κ1) is 16.6. The molecule has 0 saturated carbocycles. The van der Waals surface area contributed by atoms with E-state index in [0.29, 0.717) is 25.4 Å². The zero-order valence-corrected chi connectivity index (χ0v) is 11.3. The second kappa shape index (κ2) is 7.98. The third-order valence-electron chi connectivity index (χ3n) is 2.59. The van der Waals surface area contributed by atoms with Crippen molar-refractivity contribution in [1.29, 1.82) is 0 Å². The number of amides is 1. The van der Waals surface area contributed by atoms with Crippen LogP contribution in [0.4, 0.5) is 14.5 Å². The van der Waals surface area contributed by atoms with Crippen LogP contribution in [0.1, 0.15) is 0 Å². The molecule has 2 N–H and O–H groups in total. The minimum atomic E-state index is -2.86. The van der Waals surface area contributed by atoms with Crippen molar-refractivity contribution in [2.75, 3.05) is 25.1 Å². The predicted molar refractivity (Wildman–Crippen MR) is 71.6 cm³/mol. The Morgan fingerprint density at radius 3 is 2.65 bits per heavy atom. The van der Waals surface area contributed by atoms with E-state index in [1.165, 1.54) is 24.3 Å². The molecule has 20 heavy (non-hydrogen) atoms. The van der Waals surface area contributed by atoms with Gasteiger partial charge in [0.25, 0.3) is 0 Å². The number of hydrogen-bond donors (Lipinski definition) is 2. The number of ether oxygens (including phenoxy) is 2. The molecule has 1 aliphatic heterocycles. The van der Waals surface area contributed by atoms with E-state index in [4.69, 9.17) is 4.74 Å². The molecule has 1 aromatic carbocycles. The van der Waals surface area contributed by atoms with Crippen LogP contribution in [-0.4, -0.2) is 38.3 Å². The third kappa shape index (κ3) is 4.92. The molecule has 1 aliphatic rings. The molecule has 1 atom stereocenters. The minimum Gasteiger partial charge on any atom is -0.435 e. The predicted octanol–water partition coefficient (Wildman–Crippen LogP) is 1.64. The molecule has 112 valence electrons. The van der Waals surface area contributed by atoms with Crippen LogP contribution in [0, 0.1) is 0 Å². The van der Waals surface area contributed by atoms with Gasteiger partial charge in [-0.2, -0.15) is 8.78 Å². The van der Waals surface area contributed by atoms with Gasteiger partial charge in [0.15, 0.2) is 0 Å². The number of carbonyl (C=O) groups excluding carboxylic acids is 1. The normalized spacial score (nSPS) is 18.2. The summed E-state index contributed by atoms with van der Waals surface area (Å²) in [6, 6.07) is 5.34. The van der Waals surface area contributed by atoms with E-state index in [1.807, 2.05) is 0 Å². The maximum absolute atomic E-state index is 12.0. The Bertz CT molecular complexity index is 425. The van der Waals surface area contributed by atoms with Crippen molar-refractivity contribution in [2.45, 2.75) is 12.7 Å². The summed E-state index contributed by atoms with van der Waals surface area (Å²) in [5, 5.41) is 5.68. The molecular weight excluding hydrogens is 294 g/mol. The lowest BCUT2D eigenvalue weighted by Gasteiger charge is -2.22. The van der Waals surface area contributed by atoms with Crippen molar-refractivity contribution in [3.8, 4) is 5.75 Å². The van der Waals surface area contributed by atoms with Gasteiger partial charge < -0.3 is 20.1 Å². The maximum Gasteiger partial charge on any atom is 0.387 e. The van der Waals surface area contributed by atoms with Crippen molar-refractivity contribution >= 4 is 24.0 Å². The fourth-order valence-corrected chi connectivity index (χ4v) is 1.68. The molecule has 1 amide bonds. The first-order valence-electron chi connectivity index (χ1n) is 5.82. The summed E-state index contributed by atoms with van der Waals surface area (Å²) in [5.74, 6) is -0.172. The second-order valence-electron chi connectivity index (χ2n) is 3.97. The van der Waals surface area contributed by atoms with Crippen LogP contribution in [0.3, 0.4) is 0 Å². The highest BCUT2D eigenvalue weighted by Gasteiger charge is 2.21. The van der Waals surface area contributed by atoms with Gasteiger partial charge in [-0.15, -0.1) is 12.4 Å². The molecule has 0 radical (unpaired) electrons. The smallest absolute Gasteiger partial charge is 0.387 e. The number of carbonyl (C=O) groups is 1. The van der Waals surface area contributed by atoms with E-state index < -0.39 is 12.7 Å². The van der Waals surface area contributed by atoms with Crippen molar-refractivity contribution in [2.24, 2.45) is 0 Å². The van der Waals surface area contributed by atoms with Crippen molar-refractivity contribution in [1.82, 2.24) is 5.32 Å². The molecule has 2 rings (SSSR count). The molecule has 5 nitrogen and oxygen atoms in total. The van der Waals surface area contributed by atoms with Gasteiger partial charge in [-0.05, 0) is 24.3 Å². The zero-order valence-electron chi connectivity index (χ0n) is 10.5. The van der Waals surface area contributed by atoms with Gasteiger partial charge in [0, 0.05) is 12.2 Å². The quantitative estimate of drug-likeness (QED) is 0.888. The van der Waals surface area contributed by atoms with Crippen LogP contribution in [0.2, 0.25) is 0 Å². The van der Waals surface area contributed by atoms with E-state index in [-0.39, 0.29) is 24.1 Å². The highest BCUT2D eigenvalue weighted by atomic mass is 35.5. The van der Waals surface area contributed by atoms with Gasteiger partial charge in [0.1, 0.15) is 11.8 Å². The number of rotatable bonds is 4. The van der Waals surface area contributed by atoms with Gasteiger partial charge >= 0.3 is 6.61 Å². The zero-order chi connectivity index (χ0) is 13.7. The van der Waals surface area contributed by atoms with Crippen LogP contribution in [0.15, 0.2) is 24.3 Å². The lowest BCUT2D eigenvalue weighted by molar-refractivity contribution is -0.120. The van der Waals surface area contributed by atoms with Gasteiger partial charge in [0.05, 0.1) is 13.2 Å². The van der Waals surface area contributed by atoms with Crippen LogP contribution in [0.25, 0.3) is 0 Å². The monoisotopic (exact) mass is 308 g/mol. The van der Waals surface area contributed by atoms with E-state index in [0.717, 1.165) is 0 Å². The lowest BCUT2D eigenvalue weighted by atomic mass is 10.2. The number of anilines is 1. The number of benzene rings is 1. The first-order valence-corrected chi connectivity index (χ1v) is 5.82. The van der Waals surface area contributed by atoms with Crippen molar-refractivity contribution < 1.29 is 23.0 Å². The van der Waals surface area contributed by atoms with E-state index in [2.05, 4.69) is 15.4 Å². The summed E-state index contributed by atoms with van der Waals surface area (Å²) >= 11 is 0. The highest BCUT2D eigenvalue weighted by molar-refractivity contribution is 5.95. The molecule has 1 fully saturated rings. The molecule has 0 aliphatic carbocycles. The molecule has 1 saturated heterocycles. The highest BCUT2D eigenvalue weighted by Crippen LogP contribution is 2.17. The topological polar surface area (TPSA) is 59.6 Å². The Kier molecular flexibility index (Phi) is 6.63. The van der Waals surface area contributed by atoms with E-state index in [9.17, 15) is 13.6 Å². The fourth-order valence-electron chi connectivity index (χ4n) is 1.68. The summed E-state index contributed by atoms with van der Waals surface area (Å²) in [7, 11) is 0. The van der Waals surface area contributed by atoms with Gasteiger partial charge in [-0.1, -0.05) is 0 Å². The number of hydrogen-bond acceptors (Lipinski definition) is 4. The average Bonchev–Trinajstić information content (AvgIpc) is 2.41. The lowest BCUT2D eigenvalue weighted by Crippen LogP contribution is -2.48. The summed E-state index contributed by atoms with van der Waals surface area (Å²) in [4.78, 5) is 11.8. The van der Waals surface area contributed by atoms with Crippen LogP contribution < -0.4 is 15.4 Å².